The topological polar surface area (TPSA) is 63.6 Å². The van der Waals surface area contributed by atoms with E-state index >= 15 is 0 Å². The molecule has 0 saturated carbocycles. The summed E-state index contributed by atoms with van der Waals surface area (Å²) in [6.45, 7) is 0.634. The second-order valence-electron chi connectivity index (χ2n) is 4.53. The molecule has 4 aromatic rings. The first-order valence-corrected chi connectivity index (χ1v) is 7.35. The van der Waals surface area contributed by atoms with Crippen molar-refractivity contribution in [1.29, 1.82) is 0 Å². The maximum absolute atomic E-state index is 4.39. The standard InChI is InChI=1S/C15H11N5S/c1-2-6-16-10(4-1)8-18-14-13-12(19-9-20-14)11-5-3-7-17-15(11)21-13/h1-7,9H,8H2,(H,18,19,20). The molecule has 0 unspecified atom stereocenters. The van der Waals surface area contributed by atoms with Gasteiger partial charge in [0.2, 0.25) is 0 Å². The van der Waals surface area contributed by atoms with Crippen LogP contribution >= 0.6 is 11.3 Å². The van der Waals surface area contributed by atoms with Gasteiger partial charge in [0.1, 0.15) is 17.0 Å². The van der Waals surface area contributed by atoms with E-state index in [4.69, 9.17) is 0 Å². The van der Waals surface area contributed by atoms with E-state index in [2.05, 4.69) is 25.3 Å². The van der Waals surface area contributed by atoms with Gasteiger partial charge in [-0.2, -0.15) is 0 Å². The third-order valence-electron chi connectivity index (χ3n) is 3.19. The average Bonchev–Trinajstić information content (AvgIpc) is 2.93. The Kier molecular flexibility index (Phi) is 2.93. The van der Waals surface area contributed by atoms with Gasteiger partial charge in [-0.3, -0.25) is 4.98 Å². The highest BCUT2D eigenvalue weighted by Crippen LogP contribution is 2.34. The van der Waals surface area contributed by atoms with Crippen LogP contribution in [0.15, 0.2) is 49.1 Å². The van der Waals surface area contributed by atoms with Gasteiger partial charge in [0.15, 0.2) is 0 Å². The maximum Gasteiger partial charge on any atom is 0.147 e. The Hall–Kier alpha value is -2.60. The van der Waals surface area contributed by atoms with E-state index in [-0.39, 0.29) is 0 Å². The van der Waals surface area contributed by atoms with Crippen molar-refractivity contribution >= 4 is 37.6 Å². The van der Waals surface area contributed by atoms with E-state index in [0.29, 0.717) is 6.54 Å². The molecule has 4 heterocycles. The van der Waals surface area contributed by atoms with Crippen molar-refractivity contribution in [3.63, 3.8) is 0 Å². The molecular formula is C15H11N5S. The lowest BCUT2D eigenvalue weighted by molar-refractivity contribution is 1.03. The zero-order valence-corrected chi connectivity index (χ0v) is 11.8. The van der Waals surface area contributed by atoms with Crippen LogP contribution in [0.3, 0.4) is 0 Å². The number of hydrogen-bond acceptors (Lipinski definition) is 6. The Labute approximate surface area is 124 Å². The summed E-state index contributed by atoms with van der Waals surface area (Å²) in [6.07, 6.45) is 5.17. The fraction of sp³-hybridized carbons (Fsp3) is 0.0667. The third-order valence-corrected chi connectivity index (χ3v) is 4.30. The Bertz CT molecular complexity index is 904. The molecule has 0 aliphatic rings. The molecular weight excluding hydrogens is 282 g/mol. The van der Waals surface area contributed by atoms with Crippen molar-refractivity contribution in [2.45, 2.75) is 6.54 Å². The summed E-state index contributed by atoms with van der Waals surface area (Å²) >= 11 is 1.60. The summed E-state index contributed by atoms with van der Waals surface area (Å²) in [4.78, 5) is 18.4. The lowest BCUT2D eigenvalue weighted by atomic mass is 10.3. The first-order chi connectivity index (χ1) is 10.4. The Morgan fingerprint density at radius 3 is 2.81 bits per heavy atom. The molecule has 0 saturated heterocycles. The molecule has 0 amide bonds. The molecule has 21 heavy (non-hydrogen) atoms. The molecule has 0 aliphatic carbocycles. The van der Waals surface area contributed by atoms with Gasteiger partial charge in [-0.05, 0) is 24.3 Å². The van der Waals surface area contributed by atoms with Crippen LogP contribution in [-0.2, 0) is 6.54 Å². The summed E-state index contributed by atoms with van der Waals surface area (Å²) < 4.78 is 1.03. The van der Waals surface area contributed by atoms with Gasteiger partial charge in [-0.1, -0.05) is 6.07 Å². The smallest absolute Gasteiger partial charge is 0.147 e. The van der Waals surface area contributed by atoms with Gasteiger partial charge in [-0.15, -0.1) is 11.3 Å². The molecule has 0 radical (unpaired) electrons. The number of hydrogen-bond donors (Lipinski definition) is 1. The number of thiophene rings is 1. The molecule has 102 valence electrons. The number of aromatic nitrogens is 4. The van der Waals surface area contributed by atoms with E-state index in [1.54, 1.807) is 30.1 Å². The Morgan fingerprint density at radius 2 is 1.90 bits per heavy atom. The minimum atomic E-state index is 0.634. The first-order valence-electron chi connectivity index (χ1n) is 6.54. The summed E-state index contributed by atoms with van der Waals surface area (Å²) in [5.74, 6) is 0.827. The number of anilines is 1. The summed E-state index contributed by atoms with van der Waals surface area (Å²) in [6, 6.07) is 9.83. The van der Waals surface area contributed by atoms with Crippen molar-refractivity contribution in [3.8, 4) is 0 Å². The monoisotopic (exact) mass is 293 g/mol. The molecule has 0 spiro atoms. The van der Waals surface area contributed by atoms with Gasteiger partial charge in [0, 0.05) is 17.8 Å². The van der Waals surface area contributed by atoms with Crippen LogP contribution in [0.25, 0.3) is 20.4 Å². The highest BCUT2D eigenvalue weighted by Gasteiger charge is 2.11. The van der Waals surface area contributed by atoms with Gasteiger partial charge in [0.25, 0.3) is 0 Å². The van der Waals surface area contributed by atoms with Gasteiger partial charge in [-0.25, -0.2) is 15.0 Å². The van der Waals surface area contributed by atoms with E-state index in [0.717, 1.165) is 31.9 Å². The van der Waals surface area contributed by atoms with Crippen molar-refractivity contribution < 1.29 is 0 Å². The number of nitrogens with zero attached hydrogens (tertiary/aromatic N) is 4. The normalized spacial score (nSPS) is 11.0. The molecule has 0 bridgehead atoms. The molecule has 0 aromatic carbocycles. The SMILES string of the molecule is c1ccc(CNc2ncnc3c2sc2ncccc23)nc1. The van der Waals surface area contributed by atoms with E-state index in [9.17, 15) is 0 Å². The van der Waals surface area contributed by atoms with Gasteiger partial charge >= 0.3 is 0 Å². The lowest BCUT2D eigenvalue weighted by Crippen LogP contribution is -2.03. The zero-order chi connectivity index (χ0) is 14.1. The molecule has 0 aliphatic heterocycles. The maximum atomic E-state index is 4.39. The highest BCUT2D eigenvalue weighted by molar-refractivity contribution is 7.25. The Balaban J connectivity index is 1.75. The third kappa shape index (κ3) is 2.19. The molecule has 0 fully saturated rings. The quantitative estimate of drug-likeness (QED) is 0.628. The lowest BCUT2D eigenvalue weighted by Gasteiger charge is -2.05. The van der Waals surface area contributed by atoms with Crippen LogP contribution in [-0.4, -0.2) is 19.9 Å². The predicted molar refractivity (Wildman–Crippen MR) is 84.3 cm³/mol. The molecule has 4 aromatic heterocycles. The second-order valence-corrected chi connectivity index (χ2v) is 5.53. The largest absolute Gasteiger partial charge is 0.363 e. The molecule has 4 rings (SSSR count). The fourth-order valence-corrected chi connectivity index (χ4v) is 3.28. The van der Waals surface area contributed by atoms with Crippen molar-refractivity contribution in [3.05, 3.63) is 54.7 Å². The number of nitrogens with one attached hydrogen (secondary N) is 1. The first kappa shape index (κ1) is 12.2. The average molecular weight is 293 g/mol. The van der Waals surface area contributed by atoms with Crippen LogP contribution in [0.5, 0.6) is 0 Å². The van der Waals surface area contributed by atoms with Gasteiger partial charge in [0.05, 0.1) is 22.5 Å². The van der Waals surface area contributed by atoms with Crippen LogP contribution in [0.1, 0.15) is 5.69 Å². The van der Waals surface area contributed by atoms with Crippen LogP contribution in [0.4, 0.5) is 5.82 Å². The summed E-state index contributed by atoms with van der Waals surface area (Å²) in [5.41, 5.74) is 1.92. The number of pyridine rings is 2. The highest BCUT2D eigenvalue weighted by atomic mass is 32.1. The predicted octanol–water partition coefficient (Wildman–Crippen LogP) is 3.25. The summed E-state index contributed by atoms with van der Waals surface area (Å²) in [7, 11) is 0. The second kappa shape index (κ2) is 5.06. The van der Waals surface area contributed by atoms with E-state index in [1.807, 2.05) is 30.3 Å². The molecule has 1 N–H and O–H groups in total. The molecule has 5 nitrogen and oxygen atoms in total. The molecule has 6 heteroatoms. The minimum absolute atomic E-state index is 0.634. The van der Waals surface area contributed by atoms with Crippen LogP contribution in [0.2, 0.25) is 0 Å². The van der Waals surface area contributed by atoms with Crippen LogP contribution < -0.4 is 5.32 Å². The van der Waals surface area contributed by atoms with E-state index < -0.39 is 0 Å². The molecule has 0 atom stereocenters. The van der Waals surface area contributed by atoms with Crippen molar-refractivity contribution in [2.75, 3.05) is 5.32 Å². The fourth-order valence-electron chi connectivity index (χ4n) is 2.21. The summed E-state index contributed by atoms with van der Waals surface area (Å²) in [5, 5.41) is 4.40. The Morgan fingerprint density at radius 1 is 0.952 bits per heavy atom. The van der Waals surface area contributed by atoms with Crippen molar-refractivity contribution in [1.82, 2.24) is 19.9 Å². The van der Waals surface area contributed by atoms with Crippen molar-refractivity contribution in [2.24, 2.45) is 0 Å². The zero-order valence-electron chi connectivity index (χ0n) is 11.0. The van der Waals surface area contributed by atoms with Gasteiger partial charge < -0.3 is 5.32 Å². The van der Waals surface area contributed by atoms with Crippen LogP contribution in [0, 0.1) is 0 Å². The van der Waals surface area contributed by atoms with E-state index in [1.165, 1.54) is 0 Å². The number of fused-ring (bicyclic) bond motifs is 3. The minimum Gasteiger partial charge on any atom is -0.363 e. The number of rotatable bonds is 3.